The van der Waals surface area contributed by atoms with E-state index in [1.54, 1.807) is 0 Å². The van der Waals surface area contributed by atoms with Gasteiger partial charge in [-0.25, -0.2) is 4.79 Å². The van der Waals surface area contributed by atoms with Gasteiger partial charge in [0.15, 0.2) is 0 Å². The molecule has 104 valence electrons. The third kappa shape index (κ3) is 6.71. The quantitative estimate of drug-likeness (QED) is 0.655. The molecule has 0 spiro atoms. The van der Waals surface area contributed by atoms with E-state index in [1.807, 2.05) is 45.0 Å². The average molecular weight is 282 g/mol. The fourth-order valence-electron chi connectivity index (χ4n) is 1.37. The molecule has 0 radical (unpaired) electrons. The number of nitrogens with two attached hydrogens (primary N) is 1. The molecule has 0 aromatic heterocycles. The zero-order chi connectivity index (χ0) is 14.5. The first-order valence-corrected chi connectivity index (χ1v) is 6.61. The van der Waals surface area contributed by atoms with E-state index in [2.05, 4.69) is 4.72 Å². The lowest BCUT2D eigenvalue weighted by Gasteiger charge is -2.19. The normalized spacial score (nSPS) is 10.9. The average Bonchev–Trinajstić information content (AvgIpc) is 2.24. The van der Waals surface area contributed by atoms with E-state index in [0.717, 1.165) is 22.4 Å². The molecule has 0 atom stereocenters. The second kappa shape index (κ2) is 6.47. The van der Waals surface area contributed by atoms with Crippen molar-refractivity contribution in [2.45, 2.75) is 37.7 Å². The number of hydrogen-bond donors (Lipinski definition) is 2. The third-order valence-electron chi connectivity index (χ3n) is 1.94. The highest BCUT2D eigenvalue weighted by atomic mass is 32.2. The molecule has 0 unspecified atom stereocenters. The number of benzene rings is 1. The number of nitrogens with one attached hydrogen (secondary N) is 1. The van der Waals surface area contributed by atoms with Crippen molar-refractivity contribution in [3.63, 3.8) is 0 Å². The van der Waals surface area contributed by atoms with Crippen LogP contribution < -0.4 is 10.5 Å². The zero-order valence-corrected chi connectivity index (χ0v) is 12.0. The van der Waals surface area contributed by atoms with Crippen LogP contribution in [0.1, 0.15) is 26.3 Å². The van der Waals surface area contributed by atoms with E-state index in [0.29, 0.717) is 0 Å². The summed E-state index contributed by atoms with van der Waals surface area (Å²) in [6, 6.07) is 6.66. The van der Waals surface area contributed by atoms with Crippen LogP contribution in [0.25, 0.3) is 0 Å². The molecule has 0 aliphatic carbocycles. The van der Waals surface area contributed by atoms with Crippen LogP contribution >= 0.6 is 11.9 Å². The standard InChI is InChI=1S/C13H18N2O3S/c1-13(2,3)18-11(16)8-9-5-4-6-10(7-9)19-15-12(14)17/h4-7H,8H2,1-3H3,(H3,14,15,17). The Kier molecular flexibility index (Phi) is 5.23. The van der Waals surface area contributed by atoms with E-state index >= 15 is 0 Å². The number of primary amides is 1. The molecule has 19 heavy (non-hydrogen) atoms. The number of rotatable bonds is 4. The first-order valence-electron chi connectivity index (χ1n) is 5.79. The van der Waals surface area contributed by atoms with Crippen LogP contribution in [-0.2, 0) is 16.0 Å². The largest absolute Gasteiger partial charge is 0.460 e. The monoisotopic (exact) mass is 282 g/mol. The summed E-state index contributed by atoms with van der Waals surface area (Å²) in [4.78, 5) is 23.1. The molecule has 0 heterocycles. The topological polar surface area (TPSA) is 81.4 Å². The molecule has 5 nitrogen and oxygen atoms in total. The second-order valence-electron chi connectivity index (χ2n) is 4.98. The van der Waals surface area contributed by atoms with Gasteiger partial charge in [0.2, 0.25) is 0 Å². The van der Waals surface area contributed by atoms with Crippen molar-refractivity contribution >= 4 is 23.9 Å². The molecule has 0 aliphatic rings. The molecule has 0 bridgehead atoms. The summed E-state index contributed by atoms with van der Waals surface area (Å²) in [7, 11) is 0. The smallest absolute Gasteiger partial charge is 0.322 e. The predicted octanol–water partition coefficient (Wildman–Crippen LogP) is 2.25. The Balaban J connectivity index is 2.61. The third-order valence-corrected chi connectivity index (χ3v) is 2.73. The van der Waals surface area contributed by atoms with Crippen LogP contribution in [0.4, 0.5) is 4.79 Å². The van der Waals surface area contributed by atoms with Gasteiger partial charge in [0.1, 0.15) is 5.60 Å². The molecule has 1 rings (SSSR count). The van der Waals surface area contributed by atoms with E-state index in [-0.39, 0.29) is 12.4 Å². The number of carbonyl (C=O) groups is 2. The Hall–Kier alpha value is -1.69. The Morgan fingerprint density at radius 1 is 1.37 bits per heavy atom. The molecule has 1 aromatic carbocycles. The van der Waals surface area contributed by atoms with Gasteiger partial charge >= 0.3 is 12.0 Å². The predicted molar refractivity (Wildman–Crippen MR) is 74.6 cm³/mol. The molecular weight excluding hydrogens is 264 g/mol. The van der Waals surface area contributed by atoms with Gasteiger partial charge in [-0.15, -0.1) is 0 Å². The van der Waals surface area contributed by atoms with E-state index in [4.69, 9.17) is 10.5 Å². The maximum Gasteiger partial charge on any atom is 0.322 e. The summed E-state index contributed by atoms with van der Waals surface area (Å²) in [6.45, 7) is 5.48. The summed E-state index contributed by atoms with van der Waals surface area (Å²) in [6.07, 6.45) is 0.197. The van der Waals surface area contributed by atoms with Crippen LogP contribution in [0.3, 0.4) is 0 Å². The molecule has 6 heteroatoms. The van der Waals surface area contributed by atoms with Crippen LogP contribution in [0.2, 0.25) is 0 Å². The van der Waals surface area contributed by atoms with E-state index < -0.39 is 11.6 Å². The molecular formula is C13H18N2O3S. The Morgan fingerprint density at radius 3 is 2.63 bits per heavy atom. The molecule has 0 aliphatic heterocycles. The Bertz CT molecular complexity index is 469. The fourth-order valence-corrected chi connectivity index (χ4v) is 1.95. The molecule has 0 fully saturated rings. The summed E-state index contributed by atoms with van der Waals surface area (Å²) in [5, 5.41) is 0. The van der Waals surface area contributed by atoms with Crippen LogP contribution in [0.5, 0.6) is 0 Å². The maximum absolute atomic E-state index is 11.7. The number of ether oxygens (including phenoxy) is 1. The first kappa shape index (κ1) is 15.4. The first-order chi connectivity index (χ1) is 8.76. The second-order valence-corrected chi connectivity index (χ2v) is 5.86. The molecule has 0 saturated carbocycles. The van der Waals surface area contributed by atoms with Crippen LogP contribution in [0, 0.1) is 0 Å². The lowest BCUT2D eigenvalue weighted by molar-refractivity contribution is -0.153. The van der Waals surface area contributed by atoms with Crippen molar-refractivity contribution in [1.82, 2.24) is 4.72 Å². The van der Waals surface area contributed by atoms with Gasteiger partial charge in [-0.2, -0.15) is 0 Å². The molecule has 0 saturated heterocycles. The highest BCUT2D eigenvalue weighted by Crippen LogP contribution is 2.17. The summed E-state index contributed by atoms with van der Waals surface area (Å²) in [5.41, 5.74) is 5.32. The van der Waals surface area contributed by atoms with Gasteiger partial charge in [0.25, 0.3) is 0 Å². The van der Waals surface area contributed by atoms with Crippen molar-refractivity contribution in [2.75, 3.05) is 0 Å². The van der Waals surface area contributed by atoms with Crippen LogP contribution in [0.15, 0.2) is 29.2 Å². The molecule has 2 amide bonds. The Labute approximate surface area is 117 Å². The Morgan fingerprint density at radius 2 is 2.05 bits per heavy atom. The SMILES string of the molecule is CC(C)(C)OC(=O)Cc1cccc(SNC(N)=O)c1. The minimum atomic E-state index is -0.609. The number of carbonyl (C=O) groups excluding carboxylic acids is 2. The van der Waals surface area contributed by atoms with Gasteiger partial charge < -0.3 is 10.5 Å². The van der Waals surface area contributed by atoms with Crippen molar-refractivity contribution in [3.8, 4) is 0 Å². The van der Waals surface area contributed by atoms with E-state index in [1.165, 1.54) is 0 Å². The minimum absolute atomic E-state index is 0.197. The summed E-state index contributed by atoms with van der Waals surface area (Å²) >= 11 is 1.11. The summed E-state index contributed by atoms with van der Waals surface area (Å²) in [5.74, 6) is -0.280. The number of esters is 1. The number of hydrogen-bond acceptors (Lipinski definition) is 4. The lowest BCUT2D eigenvalue weighted by atomic mass is 10.1. The number of urea groups is 1. The van der Waals surface area contributed by atoms with Gasteiger partial charge in [-0.1, -0.05) is 12.1 Å². The van der Waals surface area contributed by atoms with Crippen molar-refractivity contribution in [2.24, 2.45) is 5.73 Å². The van der Waals surface area contributed by atoms with Crippen LogP contribution in [-0.4, -0.2) is 17.6 Å². The maximum atomic E-state index is 11.7. The van der Waals surface area contributed by atoms with Gasteiger partial charge in [-0.05, 0) is 50.4 Å². The lowest BCUT2D eigenvalue weighted by Crippen LogP contribution is -2.25. The minimum Gasteiger partial charge on any atom is -0.460 e. The van der Waals surface area contributed by atoms with Gasteiger partial charge in [0.05, 0.1) is 6.42 Å². The molecule has 3 N–H and O–H groups in total. The highest BCUT2D eigenvalue weighted by molar-refractivity contribution is 7.98. The van der Waals surface area contributed by atoms with E-state index in [9.17, 15) is 9.59 Å². The molecule has 1 aromatic rings. The summed E-state index contributed by atoms with van der Waals surface area (Å²) < 4.78 is 7.66. The van der Waals surface area contributed by atoms with Crippen molar-refractivity contribution in [1.29, 1.82) is 0 Å². The van der Waals surface area contributed by atoms with Crippen molar-refractivity contribution < 1.29 is 14.3 Å². The number of amides is 2. The zero-order valence-electron chi connectivity index (χ0n) is 11.2. The van der Waals surface area contributed by atoms with Gasteiger partial charge in [-0.3, -0.25) is 9.52 Å². The van der Waals surface area contributed by atoms with Gasteiger partial charge in [0, 0.05) is 4.90 Å². The highest BCUT2D eigenvalue weighted by Gasteiger charge is 2.16. The van der Waals surface area contributed by atoms with Crippen molar-refractivity contribution in [3.05, 3.63) is 29.8 Å². The fraction of sp³-hybridized carbons (Fsp3) is 0.385.